The number of rotatable bonds is 12. The lowest BCUT2D eigenvalue weighted by atomic mass is 9.80. The smallest absolute Gasteiger partial charge is 0.459 e. The molecule has 0 saturated carbocycles. The van der Waals surface area contributed by atoms with Gasteiger partial charge in [0, 0.05) is 10.8 Å². The van der Waals surface area contributed by atoms with E-state index in [0.29, 0.717) is 23.0 Å². The Labute approximate surface area is 273 Å². The Balaban J connectivity index is 1.42. The largest absolute Gasteiger partial charge is 0.479 e. The SMILES string of the molecule is CCC1(C)C(O)C(COP(=O)(NC(C)C(=O)OCC(C)(C)C)Oc2cccc3ccccc23)OC1n1cnc2c(OC)nc(N)nc21. The van der Waals surface area contributed by atoms with Crippen LogP contribution in [0.2, 0.25) is 0 Å². The quantitative estimate of drug-likeness (QED) is 0.135. The second kappa shape index (κ2) is 13.4. The minimum Gasteiger partial charge on any atom is -0.479 e. The summed E-state index contributed by atoms with van der Waals surface area (Å²) in [5.74, 6) is -0.143. The molecule has 254 valence electrons. The molecule has 6 unspecified atom stereocenters. The van der Waals surface area contributed by atoms with Gasteiger partial charge in [-0.1, -0.05) is 71.0 Å². The van der Waals surface area contributed by atoms with Crippen LogP contribution in [0.4, 0.5) is 5.95 Å². The molecule has 47 heavy (non-hydrogen) atoms. The Morgan fingerprint density at radius 2 is 1.94 bits per heavy atom. The summed E-state index contributed by atoms with van der Waals surface area (Å²) >= 11 is 0. The van der Waals surface area contributed by atoms with Crippen LogP contribution in [0.15, 0.2) is 48.8 Å². The first kappa shape index (κ1) is 34.5. The van der Waals surface area contributed by atoms with Gasteiger partial charge in [0.25, 0.3) is 0 Å². The van der Waals surface area contributed by atoms with Crippen LogP contribution in [-0.4, -0.2) is 69.2 Å². The molecule has 1 aliphatic heterocycles. The highest BCUT2D eigenvalue weighted by molar-refractivity contribution is 7.52. The first-order valence-corrected chi connectivity index (χ1v) is 17.0. The minimum atomic E-state index is -4.30. The topological polar surface area (TPSA) is 182 Å². The molecule has 0 amide bonds. The van der Waals surface area contributed by atoms with Gasteiger partial charge in [0.2, 0.25) is 11.8 Å². The Morgan fingerprint density at radius 3 is 2.64 bits per heavy atom. The fourth-order valence-corrected chi connectivity index (χ4v) is 6.97. The van der Waals surface area contributed by atoms with Gasteiger partial charge in [0.05, 0.1) is 32.8 Å². The molecule has 4 aromatic rings. The van der Waals surface area contributed by atoms with Gasteiger partial charge in [0.1, 0.15) is 24.1 Å². The van der Waals surface area contributed by atoms with Gasteiger partial charge in [-0.3, -0.25) is 13.9 Å². The van der Waals surface area contributed by atoms with Gasteiger partial charge in [-0.25, -0.2) is 9.55 Å². The zero-order valence-electron chi connectivity index (χ0n) is 27.7. The fourth-order valence-electron chi connectivity index (χ4n) is 5.45. The molecule has 15 heteroatoms. The molecule has 2 aromatic carbocycles. The van der Waals surface area contributed by atoms with Crippen molar-refractivity contribution in [3.63, 3.8) is 0 Å². The number of aliphatic hydroxyl groups excluding tert-OH is 1. The highest BCUT2D eigenvalue weighted by atomic mass is 31.2. The summed E-state index contributed by atoms with van der Waals surface area (Å²) in [7, 11) is -2.84. The third-order valence-corrected chi connectivity index (χ3v) is 9.87. The van der Waals surface area contributed by atoms with Crippen molar-refractivity contribution in [1.29, 1.82) is 0 Å². The van der Waals surface area contributed by atoms with Crippen molar-refractivity contribution in [2.75, 3.05) is 26.1 Å². The number of benzene rings is 2. The third-order valence-electron chi connectivity index (χ3n) is 8.24. The Hall–Kier alpha value is -3.81. The number of aromatic nitrogens is 4. The van der Waals surface area contributed by atoms with Crippen LogP contribution in [0.1, 0.15) is 54.2 Å². The molecule has 0 spiro atoms. The van der Waals surface area contributed by atoms with Gasteiger partial charge < -0.3 is 29.6 Å². The number of fused-ring (bicyclic) bond motifs is 2. The van der Waals surface area contributed by atoms with Gasteiger partial charge in [-0.15, -0.1) is 0 Å². The van der Waals surface area contributed by atoms with Gasteiger partial charge >= 0.3 is 13.7 Å². The summed E-state index contributed by atoms with van der Waals surface area (Å²) in [5.41, 5.74) is 5.56. The van der Waals surface area contributed by atoms with E-state index in [2.05, 4.69) is 20.0 Å². The molecule has 0 radical (unpaired) electrons. The molecule has 1 aliphatic rings. The van der Waals surface area contributed by atoms with Crippen LogP contribution in [0.25, 0.3) is 21.9 Å². The molecule has 3 heterocycles. The van der Waals surface area contributed by atoms with Crippen LogP contribution in [-0.2, 0) is 23.4 Å². The summed E-state index contributed by atoms with van der Waals surface area (Å²) < 4.78 is 45.4. The summed E-state index contributed by atoms with van der Waals surface area (Å²) in [6.45, 7) is 10.9. The number of hydrogen-bond donors (Lipinski definition) is 3. The van der Waals surface area contributed by atoms with E-state index < -0.39 is 43.6 Å². The second-order valence-electron chi connectivity index (χ2n) is 13.1. The van der Waals surface area contributed by atoms with Gasteiger partial charge in [-0.2, -0.15) is 15.1 Å². The number of anilines is 1. The average Bonchev–Trinajstić information content (AvgIpc) is 3.56. The maximum absolute atomic E-state index is 14.5. The number of methoxy groups -OCH3 is 1. The number of ether oxygens (including phenoxy) is 3. The van der Waals surface area contributed by atoms with Crippen molar-refractivity contribution >= 4 is 41.6 Å². The molecule has 14 nitrogen and oxygen atoms in total. The molecule has 2 aromatic heterocycles. The van der Waals surface area contributed by atoms with Crippen molar-refractivity contribution in [2.45, 2.75) is 72.4 Å². The number of carbonyl (C=O) groups excluding carboxylic acids is 1. The zero-order chi connectivity index (χ0) is 34.1. The van der Waals surface area contributed by atoms with Crippen LogP contribution in [0.3, 0.4) is 0 Å². The standard InChI is InChI=1S/C32H43N6O8P/c1-8-32(6)25(39)23(45-29(32)38-18-34-24-26(38)35-30(33)36-27(24)42-7)16-44-47(41,37-19(2)28(40)43-17-31(3,4)5)46-22-15-11-13-20-12-9-10-14-21(20)22/h9-15,18-19,23,25,29,39H,8,16-17H2,1-7H3,(H,37,41)(H2,33,35,36). The molecular weight excluding hydrogens is 627 g/mol. The highest BCUT2D eigenvalue weighted by Gasteiger charge is 2.54. The summed E-state index contributed by atoms with van der Waals surface area (Å²) in [4.78, 5) is 25.7. The van der Waals surface area contributed by atoms with E-state index >= 15 is 0 Å². The van der Waals surface area contributed by atoms with Crippen molar-refractivity contribution in [3.8, 4) is 11.6 Å². The predicted octanol–water partition coefficient (Wildman–Crippen LogP) is 5.02. The van der Waals surface area contributed by atoms with Crippen LogP contribution in [0, 0.1) is 10.8 Å². The Kier molecular flexibility index (Phi) is 9.82. The number of nitrogen functional groups attached to an aromatic ring is 1. The maximum Gasteiger partial charge on any atom is 0.459 e. The highest BCUT2D eigenvalue weighted by Crippen LogP contribution is 2.51. The van der Waals surface area contributed by atoms with Crippen LogP contribution in [0.5, 0.6) is 11.6 Å². The summed E-state index contributed by atoms with van der Waals surface area (Å²) in [6, 6.07) is 11.7. The lowest BCUT2D eigenvalue weighted by Crippen LogP contribution is -2.39. The number of hydrogen-bond acceptors (Lipinski definition) is 12. The van der Waals surface area contributed by atoms with E-state index in [4.69, 9.17) is 29.0 Å². The van der Waals surface area contributed by atoms with E-state index in [-0.39, 0.29) is 36.2 Å². The Morgan fingerprint density at radius 1 is 1.21 bits per heavy atom. The first-order valence-electron chi connectivity index (χ1n) is 15.4. The van der Waals surface area contributed by atoms with E-state index in [1.165, 1.54) is 20.4 Å². The molecule has 5 rings (SSSR count). The number of nitrogens with zero attached hydrogens (tertiary/aromatic N) is 4. The Bertz CT molecular complexity index is 1790. The number of nitrogens with two attached hydrogens (primary N) is 1. The average molecular weight is 671 g/mol. The molecule has 6 atom stereocenters. The van der Waals surface area contributed by atoms with Gasteiger partial charge in [0.15, 0.2) is 11.2 Å². The maximum atomic E-state index is 14.5. The number of imidazole rings is 1. The van der Waals surface area contributed by atoms with Crippen LogP contribution >= 0.6 is 7.75 Å². The van der Waals surface area contributed by atoms with Crippen molar-refractivity contribution in [3.05, 3.63) is 48.8 Å². The van der Waals surface area contributed by atoms with E-state index in [0.717, 1.165) is 5.39 Å². The molecule has 0 aliphatic carbocycles. The monoisotopic (exact) mass is 670 g/mol. The van der Waals surface area contributed by atoms with E-state index in [9.17, 15) is 14.5 Å². The van der Waals surface area contributed by atoms with Crippen molar-refractivity contribution in [1.82, 2.24) is 24.6 Å². The van der Waals surface area contributed by atoms with E-state index in [1.54, 1.807) is 16.7 Å². The predicted molar refractivity (Wildman–Crippen MR) is 176 cm³/mol. The number of esters is 1. The number of nitrogens with one attached hydrogen (secondary N) is 1. The lowest BCUT2D eigenvalue weighted by molar-refractivity contribution is -0.148. The van der Waals surface area contributed by atoms with E-state index in [1.807, 2.05) is 65.0 Å². The third kappa shape index (κ3) is 7.21. The van der Waals surface area contributed by atoms with Crippen molar-refractivity contribution in [2.24, 2.45) is 10.8 Å². The second-order valence-corrected chi connectivity index (χ2v) is 14.8. The zero-order valence-corrected chi connectivity index (χ0v) is 28.6. The number of carbonyl (C=O) groups is 1. The fraction of sp³-hybridized carbons (Fsp3) is 0.500. The summed E-state index contributed by atoms with van der Waals surface area (Å²) in [6.07, 6.45) is -0.783. The molecular formula is C32H43N6O8P. The van der Waals surface area contributed by atoms with Crippen LogP contribution < -0.4 is 20.1 Å². The number of aliphatic hydroxyl groups is 1. The molecule has 1 fully saturated rings. The van der Waals surface area contributed by atoms with Crippen molar-refractivity contribution < 1.29 is 37.7 Å². The molecule has 4 N–H and O–H groups in total. The normalized spacial score (nSPS) is 23.4. The summed E-state index contributed by atoms with van der Waals surface area (Å²) in [5, 5.41) is 15.9. The minimum absolute atomic E-state index is 0.0134. The molecule has 0 bridgehead atoms. The lowest BCUT2D eigenvalue weighted by Gasteiger charge is -2.32. The molecule has 1 saturated heterocycles. The first-order chi connectivity index (χ1) is 22.2. The van der Waals surface area contributed by atoms with Gasteiger partial charge in [-0.05, 0) is 30.2 Å².